The average Bonchev–Trinajstić information content (AvgIpc) is 3.33. The van der Waals surface area contributed by atoms with E-state index in [1.807, 2.05) is 13.1 Å². The van der Waals surface area contributed by atoms with Crippen molar-refractivity contribution < 1.29 is 4.42 Å². The van der Waals surface area contributed by atoms with Crippen molar-refractivity contribution in [1.29, 1.82) is 0 Å². The fourth-order valence-electron chi connectivity index (χ4n) is 5.38. The zero-order chi connectivity index (χ0) is 20.4. The molecule has 5 rings (SSSR count). The van der Waals surface area contributed by atoms with Gasteiger partial charge in [0.1, 0.15) is 5.76 Å². The Hall–Kier alpha value is -2.43. The molecule has 3 heterocycles. The summed E-state index contributed by atoms with van der Waals surface area (Å²) in [5, 5.41) is 0. The van der Waals surface area contributed by atoms with Crippen LogP contribution in [0.3, 0.4) is 0 Å². The molecule has 1 unspecified atom stereocenters. The van der Waals surface area contributed by atoms with Crippen LogP contribution in [0.25, 0.3) is 0 Å². The highest BCUT2D eigenvalue weighted by atomic mass is 16.4. The molecule has 156 valence electrons. The van der Waals surface area contributed by atoms with Crippen LogP contribution in [-0.4, -0.2) is 47.5 Å². The van der Waals surface area contributed by atoms with Crippen LogP contribution in [0.5, 0.6) is 0 Å². The zero-order valence-corrected chi connectivity index (χ0v) is 17.8. The molecule has 2 aliphatic rings. The molecule has 0 aliphatic carbocycles. The second kappa shape index (κ2) is 8.37. The summed E-state index contributed by atoms with van der Waals surface area (Å²) < 4.78 is 6.02. The Bertz CT molecular complexity index is 947. The van der Waals surface area contributed by atoms with E-state index in [4.69, 9.17) is 4.42 Å². The van der Waals surface area contributed by atoms with Crippen LogP contribution in [0.2, 0.25) is 0 Å². The second-order valence-corrected chi connectivity index (χ2v) is 9.18. The van der Waals surface area contributed by atoms with Crippen molar-refractivity contribution in [3.05, 3.63) is 89.6 Å². The lowest BCUT2D eigenvalue weighted by atomic mass is 9.71. The molecule has 1 spiro atoms. The van der Waals surface area contributed by atoms with Crippen LogP contribution in [0.15, 0.2) is 71.3 Å². The van der Waals surface area contributed by atoms with Gasteiger partial charge in [0.2, 0.25) is 0 Å². The molecule has 2 aromatic carbocycles. The molecule has 3 aromatic rings. The zero-order valence-electron chi connectivity index (χ0n) is 17.8. The van der Waals surface area contributed by atoms with Gasteiger partial charge in [-0.2, -0.15) is 0 Å². The van der Waals surface area contributed by atoms with E-state index in [0.717, 1.165) is 50.8 Å². The first kappa shape index (κ1) is 19.5. The van der Waals surface area contributed by atoms with Gasteiger partial charge in [-0.05, 0) is 37.4 Å². The Balaban J connectivity index is 1.23. The van der Waals surface area contributed by atoms with Crippen LogP contribution >= 0.6 is 0 Å². The van der Waals surface area contributed by atoms with Gasteiger partial charge >= 0.3 is 0 Å². The lowest BCUT2D eigenvalue weighted by Crippen LogP contribution is -2.59. The molecule has 1 aromatic heterocycles. The minimum Gasteiger partial charge on any atom is -0.446 e. The number of hydrogen-bond donors (Lipinski definition) is 0. The highest BCUT2D eigenvalue weighted by Gasteiger charge is 2.55. The topological polar surface area (TPSA) is 32.5 Å². The first-order valence-electron chi connectivity index (χ1n) is 11.2. The van der Waals surface area contributed by atoms with Gasteiger partial charge < -0.3 is 9.32 Å². The number of aromatic nitrogens is 1. The van der Waals surface area contributed by atoms with Crippen molar-refractivity contribution in [1.82, 2.24) is 14.8 Å². The van der Waals surface area contributed by atoms with E-state index in [9.17, 15) is 0 Å². The molecular formula is C26H31N3O. The Morgan fingerprint density at radius 2 is 1.60 bits per heavy atom. The third kappa shape index (κ3) is 4.07. The summed E-state index contributed by atoms with van der Waals surface area (Å²) in [6, 6.07) is 21.6. The summed E-state index contributed by atoms with van der Waals surface area (Å²) in [4.78, 5) is 9.85. The number of aryl methyl sites for hydroxylation is 2. The van der Waals surface area contributed by atoms with Gasteiger partial charge in [-0.25, -0.2) is 4.98 Å². The second-order valence-electron chi connectivity index (χ2n) is 9.18. The Morgan fingerprint density at radius 1 is 0.933 bits per heavy atom. The maximum absolute atomic E-state index is 6.02. The first-order valence-corrected chi connectivity index (χ1v) is 11.2. The standard InChI is InChI=1S/C26H31N3O/c1-21-15-27-25(30-21)24-17-29(16-23-11-6-3-7-12-23)20-26(24)18-28(19-26)14-8-13-22-9-4-2-5-10-22/h2-7,9-12,15,24H,8,13-14,16-20H2,1H3. The minimum atomic E-state index is 0.277. The molecule has 1 atom stereocenters. The van der Waals surface area contributed by atoms with Gasteiger partial charge in [-0.15, -0.1) is 0 Å². The van der Waals surface area contributed by atoms with E-state index in [2.05, 4.69) is 75.4 Å². The number of benzene rings is 2. The quantitative estimate of drug-likeness (QED) is 0.583. The summed E-state index contributed by atoms with van der Waals surface area (Å²) >= 11 is 0. The smallest absolute Gasteiger partial charge is 0.199 e. The minimum absolute atomic E-state index is 0.277. The summed E-state index contributed by atoms with van der Waals surface area (Å²) in [7, 11) is 0. The van der Waals surface area contributed by atoms with E-state index in [1.165, 1.54) is 24.1 Å². The molecule has 30 heavy (non-hydrogen) atoms. The van der Waals surface area contributed by atoms with Crippen molar-refractivity contribution in [3.63, 3.8) is 0 Å². The van der Waals surface area contributed by atoms with E-state index in [0.29, 0.717) is 5.92 Å². The molecule has 2 saturated heterocycles. The number of hydrogen-bond acceptors (Lipinski definition) is 4. The molecule has 0 saturated carbocycles. The van der Waals surface area contributed by atoms with Gasteiger partial charge in [0.05, 0.1) is 12.1 Å². The van der Waals surface area contributed by atoms with Crippen molar-refractivity contribution in [2.45, 2.75) is 32.2 Å². The van der Waals surface area contributed by atoms with Gasteiger partial charge in [0, 0.05) is 38.1 Å². The number of likely N-dealkylation sites (tertiary alicyclic amines) is 2. The van der Waals surface area contributed by atoms with Gasteiger partial charge in [-0.3, -0.25) is 4.90 Å². The summed E-state index contributed by atoms with van der Waals surface area (Å²) in [5.41, 5.74) is 3.10. The maximum atomic E-state index is 6.02. The Morgan fingerprint density at radius 3 is 2.27 bits per heavy atom. The fraction of sp³-hybridized carbons (Fsp3) is 0.423. The number of rotatable bonds is 7. The number of oxazole rings is 1. The van der Waals surface area contributed by atoms with E-state index in [1.54, 1.807) is 0 Å². The first-order chi connectivity index (χ1) is 14.7. The third-order valence-electron chi connectivity index (χ3n) is 6.76. The molecule has 0 N–H and O–H groups in total. The Labute approximate surface area is 179 Å². The van der Waals surface area contributed by atoms with Gasteiger partial charge in [0.25, 0.3) is 0 Å². The van der Waals surface area contributed by atoms with Crippen molar-refractivity contribution >= 4 is 0 Å². The van der Waals surface area contributed by atoms with E-state index >= 15 is 0 Å². The van der Waals surface area contributed by atoms with Crippen LogP contribution in [0, 0.1) is 12.3 Å². The maximum Gasteiger partial charge on any atom is 0.199 e. The molecule has 2 aliphatic heterocycles. The van der Waals surface area contributed by atoms with Crippen molar-refractivity contribution in [2.24, 2.45) is 5.41 Å². The highest BCUT2D eigenvalue weighted by molar-refractivity contribution is 5.20. The fourth-order valence-corrected chi connectivity index (χ4v) is 5.38. The molecule has 4 nitrogen and oxygen atoms in total. The number of nitrogens with zero attached hydrogens (tertiary/aromatic N) is 3. The van der Waals surface area contributed by atoms with Crippen molar-refractivity contribution in [3.8, 4) is 0 Å². The monoisotopic (exact) mass is 401 g/mol. The third-order valence-corrected chi connectivity index (χ3v) is 6.76. The van der Waals surface area contributed by atoms with Gasteiger partial charge in [-0.1, -0.05) is 60.7 Å². The predicted molar refractivity (Wildman–Crippen MR) is 119 cm³/mol. The normalized spacial score (nSPS) is 21.2. The molecule has 0 radical (unpaired) electrons. The molecule has 0 bridgehead atoms. The predicted octanol–water partition coefficient (Wildman–Crippen LogP) is 4.52. The van der Waals surface area contributed by atoms with Crippen LogP contribution in [0.1, 0.15) is 35.1 Å². The molecule has 4 heteroatoms. The largest absolute Gasteiger partial charge is 0.446 e. The van der Waals surface area contributed by atoms with Crippen LogP contribution < -0.4 is 0 Å². The van der Waals surface area contributed by atoms with Crippen LogP contribution in [0.4, 0.5) is 0 Å². The summed E-state index contributed by atoms with van der Waals surface area (Å²) in [6.45, 7) is 8.64. The molecule has 0 amide bonds. The van der Waals surface area contributed by atoms with E-state index < -0.39 is 0 Å². The lowest BCUT2D eigenvalue weighted by molar-refractivity contribution is -0.00866. The van der Waals surface area contributed by atoms with Crippen molar-refractivity contribution in [2.75, 3.05) is 32.7 Å². The average molecular weight is 402 g/mol. The molecule has 2 fully saturated rings. The molecular weight excluding hydrogens is 370 g/mol. The SMILES string of the molecule is Cc1cnc(C2CN(Cc3ccccc3)CC23CN(CCCc2ccccc2)C3)o1. The Kier molecular flexibility index (Phi) is 5.45. The lowest BCUT2D eigenvalue weighted by Gasteiger charge is -2.50. The highest BCUT2D eigenvalue weighted by Crippen LogP contribution is 2.49. The van der Waals surface area contributed by atoms with Gasteiger partial charge in [0.15, 0.2) is 5.89 Å². The summed E-state index contributed by atoms with van der Waals surface area (Å²) in [6.07, 6.45) is 4.25. The van der Waals surface area contributed by atoms with E-state index in [-0.39, 0.29) is 5.41 Å². The van der Waals surface area contributed by atoms with Crippen LogP contribution in [-0.2, 0) is 13.0 Å². The summed E-state index contributed by atoms with van der Waals surface area (Å²) in [5.74, 6) is 2.24.